The average molecular weight is 296 g/mol. The summed E-state index contributed by atoms with van der Waals surface area (Å²) in [6, 6.07) is 6.78. The van der Waals surface area contributed by atoms with E-state index in [1.807, 2.05) is 13.8 Å². The number of nitriles is 1. The normalized spacial score (nSPS) is 10.9. The molecule has 20 heavy (non-hydrogen) atoms. The minimum atomic E-state index is -1.06. The van der Waals surface area contributed by atoms with Crippen molar-refractivity contribution in [3.8, 4) is 11.8 Å². The van der Waals surface area contributed by atoms with E-state index < -0.39 is 5.97 Å². The SMILES string of the molecule is CC(C)(C#N)CCCCOc1ccc(Cl)cc1C(=O)O. The van der Waals surface area contributed by atoms with Gasteiger partial charge in [-0.25, -0.2) is 4.79 Å². The van der Waals surface area contributed by atoms with Crippen LogP contribution in [-0.2, 0) is 0 Å². The van der Waals surface area contributed by atoms with Crippen molar-refractivity contribution in [1.82, 2.24) is 0 Å². The number of carboxylic acid groups (broad SMARTS) is 1. The van der Waals surface area contributed by atoms with Crippen LogP contribution in [0, 0.1) is 16.7 Å². The molecule has 0 aliphatic heterocycles. The topological polar surface area (TPSA) is 70.3 Å². The van der Waals surface area contributed by atoms with Crippen LogP contribution in [0.1, 0.15) is 43.5 Å². The molecule has 5 heteroatoms. The molecule has 0 heterocycles. The molecule has 1 rings (SSSR count). The van der Waals surface area contributed by atoms with E-state index in [2.05, 4.69) is 6.07 Å². The van der Waals surface area contributed by atoms with Gasteiger partial charge in [0.1, 0.15) is 11.3 Å². The third-order valence-electron chi connectivity index (χ3n) is 2.93. The van der Waals surface area contributed by atoms with Crippen LogP contribution in [0.2, 0.25) is 5.02 Å². The lowest BCUT2D eigenvalue weighted by molar-refractivity contribution is 0.0692. The summed E-state index contributed by atoms with van der Waals surface area (Å²) in [5.41, 5.74) is -0.262. The highest BCUT2D eigenvalue weighted by molar-refractivity contribution is 6.31. The van der Waals surface area contributed by atoms with E-state index >= 15 is 0 Å². The van der Waals surface area contributed by atoms with Gasteiger partial charge in [0.25, 0.3) is 0 Å². The lowest BCUT2D eigenvalue weighted by Gasteiger charge is -2.14. The third-order valence-corrected chi connectivity index (χ3v) is 3.16. The Bertz CT molecular complexity index is 520. The maximum Gasteiger partial charge on any atom is 0.339 e. The van der Waals surface area contributed by atoms with Gasteiger partial charge < -0.3 is 9.84 Å². The van der Waals surface area contributed by atoms with E-state index in [-0.39, 0.29) is 11.0 Å². The average Bonchev–Trinajstić information content (AvgIpc) is 2.39. The summed E-state index contributed by atoms with van der Waals surface area (Å²) in [5, 5.41) is 18.3. The fraction of sp³-hybridized carbons (Fsp3) is 0.467. The maximum absolute atomic E-state index is 11.1. The summed E-state index contributed by atoms with van der Waals surface area (Å²) in [7, 11) is 0. The molecule has 1 aromatic carbocycles. The molecule has 0 saturated heterocycles. The van der Waals surface area contributed by atoms with Crippen molar-refractivity contribution in [3.05, 3.63) is 28.8 Å². The second kappa shape index (κ2) is 7.16. The largest absolute Gasteiger partial charge is 0.493 e. The molecule has 1 N–H and O–H groups in total. The number of carbonyl (C=O) groups is 1. The molecule has 1 aromatic rings. The predicted molar refractivity (Wildman–Crippen MR) is 77.2 cm³/mol. The Balaban J connectivity index is 2.47. The summed E-state index contributed by atoms with van der Waals surface area (Å²) in [5.74, 6) is -0.741. The van der Waals surface area contributed by atoms with E-state index in [0.717, 1.165) is 19.3 Å². The Morgan fingerprint density at radius 2 is 2.15 bits per heavy atom. The molecular formula is C15H18ClNO3. The molecule has 108 valence electrons. The van der Waals surface area contributed by atoms with Crippen molar-refractivity contribution in [2.24, 2.45) is 5.41 Å². The van der Waals surface area contributed by atoms with Crippen LogP contribution in [0.25, 0.3) is 0 Å². The first-order valence-electron chi connectivity index (χ1n) is 6.42. The van der Waals surface area contributed by atoms with Gasteiger partial charge in [-0.1, -0.05) is 11.6 Å². The smallest absolute Gasteiger partial charge is 0.339 e. The molecule has 0 aliphatic rings. The quantitative estimate of drug-likeness (QED) is 0.768. The number of benzene rings is 1. The zero-order valence-electron chi connectivity index (χ0n) is 11.6. The van der Waals surface area contributed by atoms with Gasteiger partial charge in [0.15, 0.2) is 0 Å². The van der Waals surface area contributed by atoms with Gasteiger partial charge in [0.2, 0.25) is 0 Å². The first-order chi connectivity index (χ1) is 9.35. The second-order valence-corrected chi connectivity index (χ2v) is 5.68. The Hall–Kier alpha value is -1.73. The second-order valence-electron chi connectivity index (χ2n) is 5.25. The Morgan fingerprint density at radius 3 is 2.75 bits per heavy atom. The number of hydrogen-bond acceptors (Lipinski definition) is 3. The molecule has 0 atom stereocenters. The molecule has 4 nitrogen and oxygen atoms in total. The number of carboxylic acids is 1. The molecular weight excluding hydrogens is 278 g/mol. The lowest BCUT2D eigenvalue weighted by atomic mass is 9.89. The number of rotatable bonds is 7. The molecule has 0 bridgehead atoms. The van der Waals surface area contributed by atoms with Crippen molar-refractivity contribution in [2.45, 2.75) is 33.1 Å². The van der Waals surface area contributed by atoms with Gasteiger partial charge in [-0.15, -0.1) is 0 Å². The summed E-state index contributed by atoms with van der Waals surface area (Å²) in [6.07, 6.45) is 2.42. The number of ether oxygens (including phenoxy) is 1. The van der Waals surface area contributed by atoms with E-state index in [9.17, 15) is 4.79 Å². The van der Waals surface area contributed by atoms with Crippen LogP contribution in [-0.4, -0.2) is 17.7 Å². The molecule has 0 saturated carbocycles. The Morgan fingerprint density at radius 1 is 1.45 bits per heavy atom. The van der Waals surface area contributed by atoms with Crippen molar-refractivity contribution in [3.63, 3.8) is 0 Å². The fourth-order valence-electron chi connectivity index (χ4n) is 1.70. The minimum absolute atomic E-state index is 0.0647. The van der Waals surface area contributed by atoms with Crippen LogP contribution in [0.5, 0.6) is 5.75 Å². The monoisotopic (exact) mass is 295 g/mol. The van der Waals surface area contributed by atoms with Crippen LogP contribution < -0.4 is 4.74 Å². The number of aromatic carboxylic acids is 1. The van der Waals surface area contributed by atoms with Crippen molar-refractivity contribution in [2.75, 3.05) is 6.61 Å². The van der Waals surface area contributed by atoms with Crippen molar-refractivity contribution in [1.29, 1.82) is 5.26 Å². The number of halogens is 1. The van der Waals surface area contributed by atoms with Crippen LogP contribution in [0.15, 0.2) is 18.2 Å². The van der Waals surface area contributed by atoms with Gasteiger partial charge in [-0.3, -0.25) is 0 Å². The number of unbranched alkanes of at least 4 members (excludes halogenated alkanes) is 1. The summed E-state index contributed by atoms with van der Waals surface area (Å²) < 4.78 is 5.48. The van der Waals surface area contributed by atoms with Crippen LogP contribution in [0.3, 0.4) is 0 Å². The first-order valence-corrected chi connectivity index (χ1v) is 6.80. The van der Waals surface area contributed by atoms with E-state index in [1.54, 1.807) is 12.1 Å². The molecule has 0 aliphatic carbocycles. The molecule has 0 radical (unpaired) electrons. The number of nitrogens with zero attached hydrogens (tertiary/aromatic N) is 1. The Labute approximate surface area is 123 Å². The van der Waals surface area contributed by atoms with Crippen molar-refractivity contribution >= 4 is 17.6 Å². The minimum Gasteiger partial charge on any atom is -0.493 e. The van der Waals surface area contributed by atoms with E-state index in [4.69, 9.17) is 26.7 Å². The third kappa shape index (κ3) is 5.10. The van der Waals surface area contributed by atoms with Gasteiger partial charge >= 0.3 is 5.97 Å². The first kappa shape index (κ1) is 16.3. The summed E-state index contributed by atoms with van der Waals surface area (Å²) in [6.45, 7) is 4.22. The molecule has 0 fully saturated rings. The van der Waals surface area contributed by atoms with E-state index in [1.165, 1.54) is 6.07 Å². The zero-order chi connectivity index (χ0) is 15.2. The molecule has 0 aromatic heterocycles. The van der Waals surface area contributed by atoms with Gasteiger partial charge in [0, 0.05) is 5.02 Å². The van der Waals surface area contributed by atoms with Crippen LogP contribution >= 0.6 is 11.6 Å². The standard InChI is InChI=1S/C15H18ClNO3/c1-15(2,10-17)7-3-4-8-20-13-6-5-11(16)9-12(13)14(18)19/h5-6,9H,3-4,7-8H2,1-2H3,(H,18,19). The number of hydrogen-bond donors (Lipinski definition) is 1. The Kier molecular flexibility index (Phi) is 5.84. The molecule has 0 amide bonds. The summed E-state index contributed by atoms with van der Waals surface area (Å²) >= 11 is 5.76. The maximum atomic E-state index is 11.1. The summed E-state index contributed by atoms with van der Waals surface area (Å²) in [4.78, 5) is 11.1. The molecule has 0 spiro atoms. The van der Waals surface area contributed by atoms with Gasteiger partial charge in [-0.2, -0.15) is 5.26 Å². The highest BCUT2D eigenvalue weighted by Gasteiger charge is 2.16. The van der Waals surface area contributed by atoms with Crippen molar-refractivity contribution < 1.29 is 14.6 Å². The molecule has 0 unspecified atom stereocenters. The van der Waals surface area contributed by atoms with E-state index in [0.29, 0.717) is 17.4 Å². The predicted octanol–water partition coefficient (Wildman–Crippen LogP) is 4.14. The zero-order valence-corrected chi connectivity index (χ0v) is 12.4. The lowest BCUT2D eigenvalue weighted by Crippen LogP contribution is -2.09. The fourth-order valence-corrected chi connectivity index (χ4v) is 1.87. The van der Waals surface area contributed by atoms with Gasteiger partial charge in [0.05, 0.1) is 18.1 Å². The highest BCUT2D eigenvalue weighted by Crippen LogP contribution is 2.24. The van der Waals surface area contributed by atoms with Gasteiger partial charge in [-0.05, 0) is 51.3 Å². The highest BCUT2D eigenvalue weighted by atomic mass is 35.5. The van der Waals surface area contributed by atoms with Crippen LogP contribution in [0.4, 0.5) is 0 Å².